The lowest BCUT2D eigenvalue weighted by molar-refractivity contribution is -0.121. The van der Waals surface area contributed by atoms with E-state index >= 15 is 0 Å². The minimum Gasteiger partial charge on any atom is -0.369 e. The first-order valence-electron chi connectivity index (χ1n) is 6.22. The van der Waals surface area contributed by atoms with E-state index in [-0.39, 0.29) is 11.8 Å². The second kappa shape index (κ2) is 5.32. The number of carbonyl (C=O) groups is 1. The highest BCUT2D eigenvalue weighted by Crippen LogP contribution is 2.16. The summed E-state index contributed by atoms with van der Waals surface area (Å²) in [7, 11) is 0. The van der Waals surface area contributed by atoms with Crippen LogP contribution in [0.5, 0.6) is 0 Å². The number of likely N-dealkylation sites (tertiary alicyclic amines) is 1. The van der Waals surface area contributed by atoms with E-state index in [1.165, 1.54) is 11.1 Å². The van der Waals surface area contributed by atoms with E-state index in [0.717, 1.165) is 32.5 Å². The SMILES string of the molecule is Cc1ccc(CCN2CCC(C(N)=O)C2)cc1. The number of nitrogens with zero attached hydrogens (tertiary/aromatic N) is 1. The van der Waals surface area contributed by atoms with Gasteiger partial charge in [-0.1, -0.05) is 29.8 Å². The van der Waals surface area contributed by atoms with Crippen LogP contribution in [0.15, 0.2) is 24.3 Å². The molecule has 2 N–H and O–H groups in total. The molecule has 0 radical (unpaired) electrons. The van der Waals surface area contributed by atoms with E-state index in [2.05, 4.69) is 36.1 Å². The summed E-state index contributed by atoms with van der Waals surface area (Å²) in [6.45, 7) is 4.95. The van der Waals surface area contributed by atoms with Crippen LogP contribution in [0.3, 0.4) is 0 Å². The monoisotopic (exact) mass is 232 g/mol. The van der Waals surface area contributed by atoms with Crippen molar-refractivity contribution in [2.24, 2.45) is 11.7 Å². The van der Waals surface area contributed by atoms with Gasteiger partial charge in [0.1, 0.15) is 0 Å². The van der Waals surface area contributed by atoms with Crippen molar-refractivity contribution in [2.45, 2.75) is 19.8 Å². The first kappa shape index (κ1) is 12.1. The molecule has 3 heteroatoms. The number of nitrogens with two attached hydrogens (primary N) is 1. The normalized spacial score (nSPS) is 20.6. The topological polar surface area (TPSA) is 46.3 Å². The summed E-state index contributed by atoms with van der Waals surface area (Å²) < 4.78 is 0. The van der Waals surface area contributed by atoms with E-state index in [1.54, 1.807) is 0 Å². The molecule has 1 aromatic carbocycles. The molecule has 92 valence electrons. The van der Waals surface area contributed by atoms with E-state index in [4.69, 9.17) is 5.73 Å². The van der Waals surface area contributed by atoms with E-state index in [0.29, 0.717) is 0 Å². The molecule has 0 saturated carbocycles. The summed E-state index contributed by atoms with van der Waals surface area (Å²) >= 11 is 0. The lowest BCUT2D eigenvalue weighted by atomic mass is 10.1. The van der Waals surface area contributed by atoms with Gasteiger partial charge in [0.15, 0.2) is 0 Å². The fraction of sp³-hybridized carbons (Fsp3) is 0.500. The Bertz CT molecular complexity index is 386. The highest BCUT2D eigenvalue weighted by molar-refractivity contribution is 5.77. The van der Waals surface area contributed by atoms with Crippen molar-refractivity contribution in [3.05, 3.63) is 35.4 Å². The van der Waals surface area contributed by atoms with E-state index in [1.807, 2.05) is 0 Å². The minimum atomic E-state index is -0.150. The van der Waals surface area contributed by atoms with Gasteiger partial charge in [-0.15, -0.1) is 0 Å². The third-order valence-corrected chi connectivity index (χ3v) is 3.51. The maximum absolute atomic E-state index is 11.1. The van der Waals surface area contributed by atoms with Gasteiger partial charge in [0, 0.05) is 13.1 Å². The molecular weight excluding hydrogens is 212 g/mol. The first-order valence-corrected chi connectivity index (χ1v) is 6.22. The largest absolute Gasteiger partial charge is 0.369 e. The smallest absolute Gasteiger partial charge is 0.221 e. The zero-order valence-corrected chi connectivity index (χ0v) is 10.4. The molecule has 1 unspecified atom stereocenters. The maximum atomic E-state index is 11.1. The van der Waals surface area contributed by atoms with Crippen molar-refractivity contribution in [3.63, 3.8) is 0 Å². The van der Waals surface area contributed by atoms with Crippen LogP contribution in [-0.4, -0.2) is 30.4 Å². The second-order valence-corrected chi connectivity index (χ2v) is 4.92. The van der Waals surface area contributed by atoms with Gasteiger partial charge in [-0.2, -0.15) is 0 Å². The van der Waals surface area contributed by atoms with E-state index in [9.17, 15) is 4.79 Å². The van der Waals surface area contributed by atoms with Crippen LogP contribution in [-0.2, 0) is 11.2 Å². The van der Waals surface area contributed by atoms with Crippen LogP contribution in [0.2, 0.25) is 0 Å². The molecule has 1 fully saturated rings. The Hall–Kier alpha value is -1.35. The number of amides is 1. The summed E-state index contributed by atoms with van der Waals surface area (Å²) in [5, 5.41) is 0. The predicted molar refractivity (Wildman–Crippen MR) is 68.6 cm³/mol. The molecule has 1 aliphatic heterocycles. The van der Waals surface area contributed by atoms with Gasteiger partial charge in [-0.3, -0.25) is 4.79 Å². The van der Waals surface area contributed by atoms with Gasteiger partial charge in [0.05, 0.1) is 5.92 Å². The summed E-state index contributed by atoms with van der Waals surface area (Å²) in [5.41, 5.74) is 7.97. The van der Waals surface area contributed by atoms with Crippen molar-refractivity contribution < 1.29 is 4.79 Å². The Kier molecular flexibility index (Phi) is 3.79. The summed E-state index contributed by atoms with van der Waals surface area (Å²) in [4.78, 5) is 13.4. The fourth-order valence-corrected chi connectivity index (χ4v) is 2.31. The Balaban J connectivity index is 1.80. The Morgan fingerprint density at radius 2 is 2.12 bits per heavy atom. The van der Waals surface area contributed by atoms with Crippen LogP contribution >= 0.6 is 0 Å². The van der Waals surface area contributed by atoms with Gasteiger partial charge in [-0.05, 0) is 31.9 Å². The minimum absolute atomic E-state index is 0.0630. The molecule has 1 saturated heterocycles. The van der Waals surface area contributed by atoms with Gasteiger partial charge in [0.2, 0.25) is 5.91 Å². The van der Waals surface area contributed by atoms with E-state index < -0.39 is 0 Å². The maximum Gasteiger partial charge on any atom is 0.221 e. The van der Waals surface area contributed by atoms with Crippen LogP contribution in [0.4, 0.5) is 0 Å². The van der Waals surface area contributed by atoms with Crippen LogP contribution < -0.4 is 5.73 Å². The molecule has 0 bridgehead atoms. The number of aryl methyl sites for hydroxylation is 1. The zero-order valence-electron chi connectivity index (χ0n) is 10.4. The summed E-state index contributed by atoms with van der Waals surface area (Å²) in [6, 6.07) is 8.64. The Morgan fingerprint density at radius 3 is 2.71 bits per heavy atom. The third-order valence-electron chi connectivity index (χ3n) is 3.51. The number of hydrogen-bond acceptors (Lipinski definition) is 2. The lowest BCUT2D eigenvalue weighted by Crippen LogP contribution is -2.28. The number of carbonyl (C=O) groups excluding carboxylic acids is 1. The predicted octanol–water partition coefficient (Wildman–Crippen LogP) is 1.34. The van der Waals surface area contributed by atoms with Crippen LogP contribution in [0.1, 0.15) is 17.5 Å². The highest BCUT2D eigenvalue weighted by atomic mass is 16.1. The Labute approximate surface area is 103 Å². The first-order chi connectivity index (χ1) is 8.15. The molecule has 1 heterocycles. The molecule has 1 amide bonds. The third kappa shape index (κ3) is 3.30. The van der Waals surface area contributed by atoms with Crippen LogP contribution in [0, 0.1) is 12.8 Å². The molecule has 1 aliphatic rings. The van der Waals surface area contributed by atoms with Gasteiger partial charge in [-0.25, -0.2) is 0 Å². The van der Waals surface area contributed by atoms with Gasteiger partial charge in [0.25, 0.3) is 0 Å². The zero-order chi connectivity index (χ0) is 12.3. The lowest BCUT2D eigenvalue weighted by Gasteiger charge is -2.15. The van der Waals surface area contributed by atoms with Crippen LogP contribution in [0.25, 0.3) is 0 Å². The Morgan fingerprint density at radius 1 is 1.41 bits per heavy atom. The molecule has 0 aromatic heterocycles. The molecule has 1 aromatic rings. The molecular formula is C14H20N2O. The number of benzene rings is 1. The van der Waals surface area contributed by atoms with Crippen molar-refractivity contribution in [3.8, 4) is 0 Å². The number of hydrogen-bond donors (Lipinski definition) is 1. The number of rotatable bonds is 4. The molecule has 1 atom stereocenters. The van der Waals surface area contributed by atoms with Crippen molar-refractivity contribution in [2.75, 3.05) is 19.6 Å². The number of primary amides is 1. The second-order valence-electron chi connectivity index (χ2n) is 4.92. The average molecular weight is 232 g/mol. The average Bonchev–Trinajstić information content (AvgIpc) is 2.77. The van der Waals surface area contributed by atoms with Crippen molar-refractivity contribution in [1.82, 2.24) is 4.90 Å². The molecule has 0 spiro atoms. The molecule has 0 aliphatic carbocycles. The molecule has 17 heavy (non-hydrogen) atoms. The van der Waals surface area contributed by atoms with Gasteiger partial charge < -0.3 is 10.6 Å². The van der Waals surface area contributed by atoms with Crippen molar-refractivity contribution >= 4 is 5.91 Å². The molecule has 2 rings (SSSR count). The summed E-state index contributed by atoms with van der Waals surface area (Å²) in [6.07, 6.45) is 1.97. The standard InChI is InChI=1S/C14H20N2O/c1-11-2-4-12(5-3-11)6-8-16-9-7-13(10-16)14(15)17/h2-5,13H,6-10H2,1H3,(H2,15,17). The highest BCUT2D eigenvalue weighted by Gasteiger charge is 2.25. The van der Waals surface area contributed by atoms with Gasteiger partial charge >= 0.3 is 0 Å². The van der Waals surface area contributed by atoms with Crippen molar-refractivity contribution in [1.29, 1.82) is 0 Å². The molecule has 3 nitrogen and oxygen atoms in total. The quantitative estimate of drug-likeness (QED) is 0.851. The summed E-state index contributed by atoms with van der Waals surface area (Å²) in [5.74, 6) is -0.0872. The fourth-order valence-electron chi connectivity index (χ4n) is 2.31.